The van der Waals surface area contributed by atoms with Crippen molar-refractivity contribution in [2.45, 2.75) is 50.5 Å². The van der Waals surface area contributed by atoms with Crippen molar-refractivity contribution in [2.75, 3.05) is 13.2 Å². The first kappa shape index (κ1) is 31.2. The SMILES string of the molecule is O=C(CCCc1ccc2ccc3cccc4ccc1c2c34)NCCCC[C@H](NC(=O)OCC1c2ccccc2-c2ccccc21)C(=O)O. The highest BCUT2D eigenvalue weighted by atomic mass is 16.5. The number of ether oxygens (including phenoxy) is 1. The lowest BCUT2D eigenvalue weighted by Crippen LogP contribution is -2.41. The molecule has 0 unspecified atom stereocenters. The number of fused-ring (bicyclic) bond motifs is 3. The van der Waals surface area contributed by atoms with Crippen LogP contribution in [-0.4, -0.2) is 42.3 Å². The molecule has 6 aromatic carbocycles. The summed E-state index contributed by atoms with van der Waals surface area (Å²) in [6.45, 7) is 0.573. The molecule has 0 saturated heterocycles. The quantitative estimate of drug-likeness (QED) is 0.0874. The van der Waals surface area contributed by atoms with Crippen LogP contribution in [0.25, 0.3) is 43.4 Å². The molecule has 3 N–H and O–H groups in total. The standard InChI is InChI=1S/C41H38N2O5/c44-37(17-8-9-26-18-19-29-21-20-27-10-7-11-28-22-23-30(26)39(29)38(27)28)42-24-6-5-16-36(40(45)46)43-41(47)48-25-35-33-14-3-1-12-31(33)32-13-2-4-15-34(32)35/h1-4,7,10-15,18-23,35-36H,5-6,8-9,16-17,24-25H2,(H,42,44)(H,43,47)(H,45,46)/t36-/m0/s1. The number of nitrogens with one attached hydrogen (secondary N) is 2. The Morgan fingerprint density at radius 1 is 0.708 bits per heavy atom. The average Bonchev–Trinajstić information content (AvgIpc) is 3.43. The number of carbonyl (C=O) groups is 3. The molecule has 0 saturated carbocycles. The fourth-order valence-electron chi connectivity index (χ4n) is 7.28. The molecule has 7 nitrogen and oxygen atoms in total. The van der Waals surface area contributed by atoms with Gasteiger partial charge in [0.25, 0.3) is 0 Å². The number of aliphatic carboxylic acids is 1. The molecule has 0 spiro atoms. The van der Waals surface area contributed by atoms with Crippen LogP contribution in [0.5, 0.6) is 0 Å². The van der Waals surface area contributed by atoms with Gasteiger partial charge < -0.3 is 20.5 Å². The molecule has 1 aliphatic rings. The summed E-state index contributed by atoms with van der Waals surface area (Å²) in [7, 11) is 0. The van der Waals surface area contributed by atoms with Crippen molar-refractivity contribution < 1.29 is 24.2 Å². The largest absolute Gasteiger partial charge is 0.480 e. The first-order valence-corrected chi connectivity index (χ1v) is 16.7. The molecule has 0 fully saturated rings. The molecule has 1 atom stereocenters. The Labute approximate surface area is 279 Å². The lowest BCUT2D eigenvalue weighted by atomic mass is 9.90. The van der Waals surface area contributed by atoms with E-state index in [1.165, 1.54) is 37.9 Å². The maximum absolute atomic E-state index is 12.6. The predicted octanol–water partition coefficient (Wildman–Crippen LogP) is 8.19. The minimum Gasteiger partial charge on any atom is -0.480 e. The van der Waals surface area contributed by atoms with Crippen molar-refractivity contribution in [1.29, 1.82) is 0 Å². The number of benzene rings is 6. The number of hydrogen-bond donors (Lipinski definition) is 3. The fourth-order valence-corrected chi connectivity index (χ4v) is 7.28. The van der Waals surface area contributed by atoms with Crippen LogP contribution < -0.4 is 10.6 Å². The fraction of sp³-hybridized carbons (Fsp3) is 0.244. The Hall–Kier alpha value is -5.43. The Balaban J connectivity index is 0.839. The summed E-state index contributed by atoms with van der Waals surface area (Å²) in [5, 5.41) is 22.7. The van der Waals surface area contributed by atoms with Gasteiger partial charge >= 0.3 is 12.1 Å². The molecular formula is C41H38N2O5. The third-order valence-corrected chi connectivity index (χ3v) is 9.64. The van der Waals surface area contributed by atoms with E-state index in [-0.39, 0.29) is 24.9 Å². The molecule has 7 heteroatoms. The Kier molecular flexibility index (Phi) is 8.93. The molecule has 0 bridgehead atoms. The van der Waals surface area contributed by atoms with Crippen molar-refractivity contribution in [3.63, 3.8) is 0 Å². The summed E-state index contributed by atoms with van der Waals surface area (Å²) in [5.74, 6) is -1.23. The third kappa shape index (κ3) is 6.28. The van der Waals surface area contributed by atoms with Gasteiger partial charge in [-0.2, -0.15) is 0 Å². The molecule has 2 amide bonds. The molecule has 7 rings (SSSR count). The second-order valence-electron chi connectivity index (χ2n) is 12.6. The van der Waals surface area contributed by atoms with Crippen molar-refractivity contribution in [3.05, 3.63) is 120 Å². The summed E-state index contributed by atoms with van der Waals surface area (Å²) in [4.78, 5) is 37.1. The van der Waals surface area contributed by atoms with Gasteiger partial charge in [-0.15, -0.1) is 0 Å². The van der Waals surface area contributed by atoms with E-state index in [1.807, 2.05) is 36.4 Å². The number of amides is 2. The predicted molar refractivity (Wildman–Crippen MR) is 190 cm³/mol. The van der Waals surface area contributed by atoms with E-state index in [2.05, 4.69) is 77.4 Å². The highest BCUT2D eigenvalue weighted by Crippen LogP contribution is 2.44. The molecule has 0 radical (unpaired) electrons. The van der Waals surface area contributed by atoms with Crippen LogP contribution in [0, 0.1) is 0 Å². The smallest absolute Gasteiger partial charge is 0.407 e. The van der Waals surface area contributed by atoms with E-state index in [9.17, 15) is 19.5 Å². The Morgan fingerprint density at radius 2 is 1.35 bits per heavy atom. The number of aryl methyl sites for hydroxylation is 1. The second kappa shape index (κ2) is 13.7. The van der Waals surface area contributed by atoms with Gasteiger partial charge in [0.1, 0.15) is 12.6 Å². The van der Waals surface area contributed by atoms with Crippen LogP contribution in [0.2, 0.25) is 0 Å². The normalized spacial score (nSPS) is 13.0. The summed E-state index contributed by atoms with van der Waals surface area (Å²) in [6, 6.07) is 34.5. The number of rotatable bonds is 13. The van der Waals surface area contributed by atoms with Crippen molar-refractivity contribution in [3.8, 4) is 11.1 Å². The number of hydrogen-bond acceptors (Lipinski definition) is 4. The van der Waals surface area contributed by atoms with E-state index in [0.29, 0.717) is 25.8 Å². The second-order valence-corrected chi connectivity index (χ2v) is 12.6. The van der Waals surface area contributed by atoms with Gasteiger partial charge in [0, 0.05) is 18.9 Å². The number of unbranched alkanes of at least 4 members (excludes halogenated alkanes) is 1. The van der Waals surface area contributed by atoms with Gasteiger partial charge in [0.05, 0.1) is 0 Å². The van der Waals surface area contributed by atoms with Crippen LogP contribution in [0.15, 0.2) is 103 Å². The van der Waals surface area contributed by atoms with Gasteiger partial charge in [-0.3, -0.25) is 4.79 Å². The van der Waals surface area contributed by atoms with Gasteiger partial charge in [-0.1, -0.05) is 103 Å². The average molecular weight is 639 g/mol. The van der Waals surface area contributed by atoms with Crippen molar-refractivity contribution >= 4 is 50.3 Å². The molecule has 1 aliphatic carbocycles. The maximum atomic E-state index is 12.6. The highest BCUT2D eigenvalue weighted by Gasteiger charge is 2.29. The van der Waals surface area contributed by atoms with Gasteiger partial charge in [0.2, 0.25) is 5.91 Å². The number of alkyl carbamates (subject to hydrolysis) is 1. The van der Waals surface area contributed by atoms with E-state index in [1.54, 1.807) is 0 Å². The van der Waals surface area contributed by atoms with Crippen LogP contribution >= 0.6 is 0 Å². The van der Waals surface area contributed by atoms with Crippen LogP contribution in [-0.2, 0) is 20.7 Å². The Morgan fingerprint density at radius 3 is 2.06 bits per heavy atom. The summed E-state index contributed by atoms with van der Waals surface area (Å²) in [5.41, 5.74) is 5.69. The van der Waals surface area contributed by atoms with E-state index >= 15 is 0 Å². The molecule has 48 heavy (non-hydrogen) atoms. The highest BCUT2D eigenvalue weighted by molar-refractivity contribution is 6.23. The van der Waals surface area contributed by atoms with Crippen molar-refractivity contribution in [1.82, 2.24) is 10.6 Å². The number of carboxylic acids is 1. The minimum absolute atomic E-state index is 0.0146. The number of carbonyl (C=O) groups excluding carboxylic acids is 2. The van der Waals surface area contributed by atoms with Crippen LogP contribution in [0.1, 0.15) is 54.7 Å². The lowest BCUT2D eigenvalue weighted by Gasteiger charge is -2.17. The topological polar surface area (TPSA) is 105 Å². The summed E-state index contributed by atoms with van der Waals surface area (Å²) >= 11 is 0. The molecule has 6 aromatic rings. The molecular weight excluding hydrogens is 600 g/mol. The molecule has 242 valence electrons. The maximum Gasteiger partial charge on any atom is 0.407 e. The zero-order valence-electron chi connectivity index (χ0n) is 26.7. The molecule has 0 aliphatic heterocycles. The van der Waals surface area contributed by atoms with E-state index < -0.39 is 18.1 Å². The van der Waals surface area contributed by atoms with Gasteiger partial charge in [0.15, 0.2) is 0 Å². The van der Waals surface area contributed by atoms with E-state index in [4.69, 9.17) is 4.74 Å². The van der Waals surface area contributed by atoms with Crippen LogP contribution in [0.3, 0.4) is 0 Å². The Bertz CT molecular complexity index is 2060. The van der Waals surface area contributed by atoms with Gasteiger partial charge in [-0.25, -0.2) is 9.59 Å². The van der Waals surface area contributed by atoms with Crippen molar-refractivity contribution in [2.24, 2.45) is 0 Å². The van der Waals surface area contributed by atoms with Crippen LogP contribution in [0.4, 0.5) is 4.79 Å². The monoisotopic (exact) mass is 638 g/mol. The lowest BCUT2D eigenvalue weighted by molar-refractivity contribution is -0.139. The first-order chi connectivity index (χ1) is 23.5. The summed E-state index contributed by atoms with van der Waals surface area (Å²) in [6.07, 6.45) is 2.60. The van der Waals surface area contributed by atoms with Gasteiger partial charge in [-0.05, 0) is 92.2 Å². The van der Waals surface area contributed by atoms with E-state index in [0.717, 1.165) is 35.1 Å². The minimum atomic E-state index is -1.11. The molecule has 0 aromatic heterocycles. The zero-order chi connectivity index (χ0) is 33.0. The zero-order valence-corrected chi connectivity index (χ0v) is 26.7. The molecule has 0 heterocycles. The first-order valence-electron chi connectivity index (χ1n) is 16.7. The summed E-state index contributed by atoms with van der Waals surface area (Å²) < 4.78 is 5.53. The number of carboxylic acid groups (broad SMARTS) is 1. The third-order valence-electron chi connectivity index (χ3n) is 9.64.